The summed E-state index contributed by atoms with van der Waals surface area (Å²) >= 11 is 7.34. The van der Waals surface area contributed by atoms with Crippen LogP contribution in [-0.2, 0) is 9.09 Å². The Morgan fingerprint density at radius 2 is 2.26 bits per heavy atom. The SMILES string of the molecule is CCCSP(=O)(OCC)Oc1cccc(C=NNC(N)=O)c1Cl. The molecule has 1 rings (SSSR count). The number of hydrogen-bond donors (Lipinski definition) is 2. The molecule has 0 bridgehead atoms. The Bertz CT molecular complexity index is 615. The molecular formula is C13H19ClN3O4PS. The number of hydrazone groups is 1. The summed E-state index contributed by atoms with van der Waals surface area (Å²) in [6.45, 7) is 0.621. The highest BCUT2D eigenvalue weighted by molar-refractivity contribution is 8.55. The van der Waals surface area contributed by atoms with Gasteiger partial charge < -0.3 is 10.3 Å². The molecule has 0 fully saturated rings. The molecule has 3 N–H and O–H groups in total. The number of rotatable bonds is 9. The summed E-state index contributed by atoms with van der Waals surface area (Å²) in [5.74, 6) is 0.855. The van der Waals surface area contributed by atoms with E-state index < -0.39 is 12.8 Å². The lowest BCUT2D eigenvalue weighted by Gasteiger charge is -2.18. The van der Waals surface area contributed by atoms with Crippen molar-refractivity contribution in [3.63, 3.8) is 0 Å². The average Bonchev–Trinajstić information content (AvgIpc) is 2.49. The highest BCUT2D eigenvalue weighted by atomic mass is 35.5. The van der Waals surface area contributed by atoms with Gasteiger partial charge in [0.1, 0.15) is 5.75 Å². The van der Waals surface area contributed by atoms with E-state index in [1.807, 2.05) is 6.92 Å². The molecule has 0 saturated heterocycles. The Morgan fingerprint density at radius 3 is 2.87 bits per heavy atom. The van der Waals surface area contributed by atoms with Crippen molar-refractivity contribution in [2.24, 2.45) is 10.8 Å². The van der Waals surface area contributed by atoms with Gasteiger partial charge in [-0.05, 0) is 30.8 Å². The second-order valence-electron chi connectivity index (χ2n) is 4.18. The third-order valence-corrected chi connectivity index (χ3v) is 6.66. The quantitative estimate of drug-likeness (QED) is 0.383. The van der Waals surface area contributed by atoms with Crippen LogP contribution in [0.3, 0.4) is 0 Å². The number of benzene rings is 1. The van der Waals surface area contributed by atoms with Gasteiger partial charge in [-0.25, -0.2) is 14.8 Å². The number of urea groups is 1. The second kappa shape index (κ2) is 9.82. The fourth-order valence-corrected chi connectivity index (χ4v) is 5.15. The molecule has 0 aliphatic rings. The Labute approximate surface area is 144 Å². The zero-order chi connectivity index (χ0) is 17.3. The summed E-state index contributed by atoms with van der Waals surface area (Å²) in [5.41, 5.74) is 7.45. The van der Waals surface area contributed by atoms with Gasteiger partial charge >= 0.3 is 12.8 Å². The van der Waals surface area contributed by atoms with Crippen LogP contribution in [0, 0.1) is 0 Å². The number of nitrogens with two attached hydrogens (primary N) is 1. The third-order valence-electron chi connectivity index (χ3n) is 2.32. The molecule has 1 aromatic carbocycles. The molecule has 0 aromatic heterocycles. The van der Waals surface area contributed by atoms with Crippen molar-refractivity contribution in [2.75, 3.05) is 12.4 Å². The Kier molecular flexibility index (Phi) is 8.47. The van der Waals surface area contributed by atoms with Crippen LogP contribution in [0.25, 0.3) is 0 Å². The number of primary amides is 1. The van der Waals surface area contributed by atoms with Gasteiger partial charge in [0.2, 0.25) is 0 Å². The van der Waals surface area contributed by atoms with E-state index in [0.29, 0.717) is 11.3 Å². The van der Waals surface area contributed by atoms with E-state index in [4.69, 9.17) is 26.4 Å². The second-order valence-corrected chi connectivity index (χ2v) is 8.68. The van der Waals surface area contributed by atoms with Crippen molar-refractivity contribution in [3.05, 3.63) is 28.8 Å². The van der Waals surface area contributed by atoms with Crippen LogP contribution in [0.4, 0.5) is 4.79 Å². The van der Waals surface area contributed by atoms with Gasteiger partial charge in [-0.3, -0.25) is 4.52 Å². The molecule has 0 heterocycles. The highest BCUT2D eigenvalue weighted by Crippen LogP contribution is 2.60. The lowest BCUT2D eigenvalue weighted by molar-refractivity contribution is 0.249. The molecule has 2 amide bonds. The lowest BCUT2D eigenvalue weighted by atomic mass is 10.2. The number of carbonyl (C=O) groups excluding carboxylic acids is 1. The largest absolute Gasteiger partial charge is 0.440 e. The number of nitrogens with zero attached hydrogens (tertiary/aromatic N) is 1. The molecule has 23 heavy (non-hydrogen) atoms. The number of halogens is 1. The summed E-state index contributed by atoms with van der Waals surface area (Å²) in [5, 5.41) is 3.84. The van der Waals surface area contributed by atoms with E-state index in [9.17, 15) is 9.36 Å². The van der Waals surface area contributed by atoms with Gasteiger partial charge in [-0.15, -0.1) is 0 Å². The average molecular weight is 380 g/mol. The van der Waals surface area contributed by atoms with Crippen molar-refractivity contribution in [1.29, 1.82) is 0 Å². The van der Waals surface area contributed by atoms with Crippen molar-refractivity contribution in [2.45, 2.75) is 20.3 Å². The van der Waals surface area contributed by atoms with Crippen LogP contribution < -0.4 is 15.7 Å². The first kappa shape index (κ1) is 19.8. The standard InChI is InChI=1S/C13H19ClN3O4PS/c1-3-8-23-22(19,20-4-2)21-11-7-5-6-10(12(11)14)9-16-17-13(15)18/h5-7,9H,3-4,8H2,1-2H3,(H3,15,17,18). The maximum absolute atomic E-state index is 12.7. The molecule has 0 radical (unpaired) electrons. The summed E-state index contributed by atoms with van der Waals surface area (Å²) < 4.78 is 23.5. The summed E-state index contributed by atoms with van der Waals surface area (Å²) in [6.07, 6.45) is 2.15. The van der Waals surface area contributed by atoms with Crippen molar-refractivity contribution >= 4 is 42.0 Å². The zero-order valence-corrected chi connectivity index (χ0v) is 15.3. The normalized spacial score (nSPS) is 13.7. The van der Waals surface area contributed by atoms with E-state index in [-0.39, 0.29) is 17.4 Å². The fourth-order valence-electron chi connectivity index (χ4n) is 1.44. The van der Waals surface area contributed by atoms with Crippen LogP contribution in [0.15, 0.2) is 23.3 Å². The summed E-state index contributed by atoms with van der Waals surface area (Å²) in [4.78, 5) is 10.6. The van der Waals surface area contributed by atoms with Crippen LogP contribution in [0.2, 0.25) is 5.02 Å². The maximum atomic E-state index is 12.7. The van der Waals surface area contributed by atoms with Gasteiger partial charge in [0, 0.05) is 11.3 Å². The van der Waals surface area contributed by atoms with E-state index >= 15 is 0 Å². The predicted molar refractivity (Wildman–Crippen MR) is 94.4 cm³/mol. The van der Waals surface area contributed by atoms with E-state index in [0.717, 1.165) is 17.8 Å². The number of hydrogen-bond acceptors (Lipinski definition) is 6. The summed E-state index contributed by atoms with van der Waals surface area (Å²) in [7, 11) is 0. The maximum Gasteiger partial charge on any atom is 0.440 e. The topological polar surface area (TPSA) is 103 Å². The minimum absolute atomic E-state index is 0.208. The van der Waals surface area contributed by atoms with Gasteiger partial charge in [0.05, 0.1) is 17.8 Å². The number of nitrogens with one attached hydrogen (secondary N) is 1. The Balaban J connectivity index is 2.96. The minimum Gasteiger partial charge on any atom is -0.415 e. The van der Waals surface area contributed by atoms with Crippen molar-refractivity contribution < 1.29 is 18.4 Å². The van der Waals surface area contributed by atoms with Gasteiger partial charge in [0.15, 0.2) is 0 Å². The minimum atomic E-state index is -3.35. The molecular weight excluding hydrogens is 361 g/mol. The highest BCUT2D eigenvalue weighted by Gasteiger charge is 2.27. The number of amides is 2. The monoisotopic (exact) mass is 379 g/mol. The molecule has 7 nitrogen and oxygen atoms in total. The molecule has 0 aliphatic heterocycles. The van der Waals surface area contributed by atoms with E-state index in [2.05, 4.69) is 10.5 Å². The van der Waals surface area contributed by atoms with Crippen LogP contribution in [-0.4, -0.2) is 24.6 Å². The van der Waals surface area contributed by atoms with Crippen LogP contribution >= 0.6 is 29.8 Å². The van der Waals surface area contributed by atoms with Gasteiger partial charge in [0.25, 0.3) is 0 Å². The van der Waals surface area contributed by atoms with E-state index in [1.54, 1.807) is 25.1 Å². The van der Waals surface area contributed by atoms with Gasteiger partial charge in [-0.1, -0.05) is 30.7 Å². The van der Waals surface area contributed by atoms with Crippen molar-refractivity contribution in [1.82, 2.24) is 5.43 Å². The molecule has 0 saturated carbocycles. The first-order chi connectivity index (χ1) is 10.9. The van der Waals surface area contributed by atoms with Gasteiger partial charge in [-0.2, -0.15) is 5.10 Å². The van der Waals surface area contributed by atoms with Crippen molar-refractivity contribution in [3.8, 4) is 5.75 Å². The number of carbonyl (C=O) groups is 1. The summed E-state index contributed by atoms with van der Waals surface area (Å²) in [6, 6.07) is 4.11. The predicted octanol–water partition coefficient (Wildman–Crippen LogP) is 4.01. The van der Waals surface area contributed by atoms with E-state index in [1.165, 1.54) is 6.21 Å². The molecule has 128 valence electrons. The Morgan fingerprint density at radius 1 is 1.52 bits per heavy atom. The molecule has 1 unspecified atom stereocenters. The third kappa shape index (κ3) is 6.83. The molecule has 1 atom stereocenters. The fraction of sp³-hybridized carbons (Fsp3) is 0.385. The van der Waals surface area contributed by atoms with Crippen LogP contribution in [0.1, 0.15) is 25.8 Å². The van der Waals surface area contributed by atoms with Crippen LogP contribution in [0.5, 0.6) is 5.75 Å². The molecule has 10 heteroatoms. The zero-order valence-electron chi connectivity index (χ0n) is 12.8. The smallest absolute Gasteiger partial charge is 0.415 e. The first-order valence-corrected chi connectivity index (χ1v) is 10.4. The first-order valence-electron chi connectivity index (χ1n) is 6.87. The molecule has 0 aliphatic carbocycles. The Hall–Kier alpha value is -1.21. The molecule has 0 spiro atoms. The lowest BCUT2D eigenvalue weighted by Crippen LogP contribution is -2.24. The molecule has 1 aromatic rings.